The molecule has 0 aromatic heterocycles. The lowest BCUT2D eigenvalue weighted by Gasteiger charge is -2.28. The summed E-state index contributed by atoms with van der Waals surface area (Å²) >= 11 is 0. The fourth-order valence-corrected chi connectivity index (χ4v) is 7.66. The maximum Gasteiger partial charge on any atom is 0.303 e. The Hall–Kier alpha value is -6.93. The smallest absolute Gasteiger partial charge is 0.303 e. The van der Waals surface area contributed by atoms with Crippen molar-refractivity contribution in [2.75, 3.05) is 13.2 Å². The first-order valence-corrected chi connectivity index (χ1v) is 24.3. The molecule has 0 radical (unpaired) electrons. The number of carbonyl (C=O) groups is 11. The second kappa shape index (κ2) is 32.2. The van der Waals surface area contributed by atoms with Gasteiger partial charge in [-0.1, -0.05) is 77.3 Å². The number of benzene rings is 1. The van der Waals surface area contributed by atoms with Gasteiger partial charge in [0.05, 0.1) is 32.2 Å². The average molecular weight is 1040 g/mol. The molecule has 1 aromatic rings. The highest BCUT2D eigenvalue weighted by Gasteiger charge is 2.36. The molecule has 1 aromatic carbocycles. The maximum absolute atomic E-state index is 14.1. The average Bonchev–Trinajstić information content (AvgIpc) is 3.30. The molecule has 4 unspecified atom stereocenters. The largest absolute Gasteiger partial charge is 0.508 e. The first kappa shape index (κ1) is 62.2. The number of aromatic hydroxyl groups is 1. The molecule has 26 nitrogen and oxygen atoms in total. The first-order chi connectivity index (χ1) is 34.4. The number of amides is 10. The van der Waals surface area contributed by atoms with E-state index in [1.807, 2.05) is 0 Å². The van der Waals surface area contributed by atoms with Crippen LogP contribution in [0.2, 0.25) is 0 Å². The van der Waals surface area contributed by atoms with Crippen molar-refractivity contribution in [3.8, 4) is 5.75 Å². The van der Waals surface area contributed by atoms with Crippen LogP contribution in [0.15, 0.2) is 24.3 Å². The van der Waals surface area contributed by atoms with Crippen LogP contribution >= 0.6 is 0 Å². The first-order valence-electron chi connectivity index (χ1n) is 24.3. The van der Waals surface area contributed by atoms with Gasteiger partial charge in [0.15, 0.2) is 0 Å². The Bertz CT molecular complexity index is 2060. The number of hydrogen-bond acceptors (Lipinski definition) is 15. The van der Waals surface area contributed by atoms with Crippen LogP contribution in [0.4, 0.5) is 0 Å². The number of nitrogens with one attached hydrogen (secondary N) is 8. The van der Waals surface area contributed by atoms with Gasteiger partial charge >= 0.3 is 5.97 Å². The number of carboxylic acid groups (broad SMARTS) is 1. The highest BCUT2D eigenvalue weighted by Crippen LogP contribution is 2.16. The van der Waals surface area contributed by atoms with Gasteiger partial charge in [0.2, 0.25) is 59.1 Å². The van der Waals surface area contributed by atoms with Crippen LogP contribution in [0.3, 0.4) is 0 Å². The summed E-state index contributed by atoms with van der Waals surface area (Å²) in [6.45, 7) is 3.12. The molecule has 26 heteroatoms. The van der Waals surface area contributed by atoms with E-state index >= 15 is 0 Å². The van der Waals surface area contributed by atoms with Crippen molar-refractivity contribution in [3.63, 3.8) is 0 Å². The van der Waals surface area contributed by atoms with Gasteiger partial charge in [-0.05, 0) is 43.4 Å². The number of carbonyl (C=O) groups excluding carboxylic acids is 10. The molecule has 9 atom stereocenters. The molecule has 0 spiro atoms. The summed E-state index contributed by atoms with van der Waals surface area (Å²) in [6.07, 6.45) is 1.62. The van der Waals surface area contributed by atoms with E-state index in [2.05, 4.69) is 56.4 Å². The Morgan fingerprint density at radius 3 is 1.51 bits per heavy atom. The number of nitrogens with two attached hydrogens (primary N) is 2. The number of rotatable bonds is 22. The van der Waals surface area contributed by atoms with Crippen LogP contribution in [0.1, 0.15) is 116 Å². The molecule has 73 heavy (non-hydrogen) atoms. The van der Waals surface area contributed by atoms with Crippen molar-refractivity contribution in [2.45, 2.75) is 172 Å². The minimum Gasteiger partial charge on any atom is -0.508 e. The molecule has 1 fully saturated rings. The van der Waals surface area contributed by atoms with Crippen molar-refractivity contribution in [1.29, 1.82) is 0 Å². The van der Waals surface area contributed by atoms with Gasteiger partial charge < -0.3 is 79.5 Å². The van der Waals surface area contributed by atoms with Crippen LogP contribution in [0, 0.1) is 5.92 Å². The van der Waals surface area contributed by atoms with Gasteiger partial charge in [-0.15, -0.1) is 0 Å². The van der Waals surface area contributed by atoms with Crippen LogP contribution < -0.4 is 54.0 Å². The van der Waals surface area contributed by atoms with Crippen molar-refractivity contribution in [1.82, 2.24) is 42.5 Å². The van der Waals surface area contributed by atoms with E-state index in [1.54, 1.807) is 0 Å². The van der Waals surface area contributed by atoms with E-state index in [-0.39, 0.29) is 18.6 Å². The Morgan fingerprint density at radius 1 is 0.562 bits per heavy atom. The Labute approximate surface area is 422 Å². The quantitative estimate of drug-likeness (QED) is 0.0498. The van der Waals surface area contributed by atoms with E-state index in [0.717, 1.165) is 45.4 Å². The lowest BCUT2D eigenvalue weighted by Crippen LogP contribution is -2.62. The van der Waals surface area contributed by atoms with Crippen molar-refractivity contribution in [2.24, 2.45) is 17.4 Å². The molecule has 0 bridgehead atoms. The molecule has 0 aliphatic carbocycles. The zero-order valence-electron chi connectivity index (χ0n) is 41.5. The number of aliphatic hydroxyl groups excluding tert-OH is 3. The zero-order valence-corrected chi connectivity index (χ0v) is 41.5. The van der Waals surface area contributed by atoms with Crippen molar-refractivity contribution >= 4 is 65.0 Å². The number of phenolic OH excluding ortho intramolecular Hbond substituents is 1. The van der Waals surface area contributed by atoms with Gasteiger partial charge in [0, 0.05) is 25.3 Å². The molecular formula is C47H74N10O16. The van der Waals surface area contributed by atoms with Crippen molar-refractivity contribution in [3.05, 3.63) is 29.8 Å². The summed E-state index contributed by atoms with van der Waals surface area (Å²) in [5.41, 5.74) is 11.2. The Morgan fingerprint density at radius 2 is 1.00 bits per heavy atom. The summed E-state index contributed by atoms with van der Waals surface area (Å²) < 4.78 is 0. The number of phenols is 1. The molecule has 1 saturated heterocycles. The van der Waals surface area contributed by atoms with Crippen molar-refractivity contribution < 1.29 is 78.3 Å². The van der Waals surface area contributed by atoms with Gasteiger partial charge in [0.25, 0.3) is 0 Å². The monoisotopic (exact) mass is 1030 g/mol. The summed E-state index contributed by atoms with van der Waals surface area (Å²) in [5, 5.41) is 68.6. The topological polar surface area (TPSA) is 437 Å². The second-order valence-corrected chi connectivity index (χ2v) is 18.5. The predicted molar refractivity (Wildman–Crippen MR) is 259 cm³/mol. The number of aliphatic hydroxyl groups is 3. The maximum atomic E-state index is 14.1. The summed E-state index contributed by atoms with van der Waals surface area (Å²) in [6, 6.07) is -8.62. The number of hydrogen-bond donors (Lipinski definition) is 15. The molecule has 10 amide bonds. The van der Waals surface area contributed by atoms with Gasteiger partial charge in [0.1, 0.15) is 48.0 Å². The number of unbranched alkanes of at least 4 members (excludes halogenated alkanes) is 6. The fraction of sp³-hybridized carbons (Fsp3) is 0.638. The van der Waals surface area contributed by atoms with Gasteiger partial charge in [-0.2, -0.15) is 0 Å². The lowest BCUT2D eigenvalue weighted by atomic mass is 10.0. The van der Waals surface area contributed by atoms with Crippen LogP contribution in [-0.4, -0.2) is 158 Å². The van der Waals surface area contributed by atoms with E-state index in [9.17, 15) is 78.3 Å². The number of primary amides is 2. The van der Waals surface area contributed by atoms with E-state index in [1.165, 1.54) is 24.3 Å². The second-order valence-electron chi connectivity index (χ2n) is 18.5. The number of aliphatic carboxylic acids is 1. The third-order valence-corrected chi connectivity index (χ3v) is 11.7. The summed E-state index contributed by atoms with van der Waals surface area (Å²) in [4.78, 5) is 146. The van der Waals surface area contributed by atoms with Gasteiger partial charge in [-0.3, -0.25) is 52.7 Å². The summed E-state index contributed by atoms with van der Waals surface area (Å²) in [5.74, 6) is -12.6. The molecule has 1 heterocycles. The van der Waals surface area contributed by atoms with Crippen LogP contribution in [-0.2, 0) is 59.2 Å². The van der Waals surface area contributed by atoms with Crippen LogP contribution in [0.25, 0.3) is 0 Å². The molecule has 408 valence electrons. The molecule has 0 saturated carbocycles. The summed E-state index contributed by atoms with van der Waals surface area (Å²) in [7, 11) is 0. The minimum absolute atomic E-state index is 0.157. The lowest BCUT2D eigenvalue weighted by molar-refractivity contribution is -0.139. The zero-order chi connectivity index (χ0) is 54.8. The minimum atomic E-state index is -1.98. The Balaban J connectivity index is 2.69. The fourth-order valence-electron chi connectivity index (χ4n) is 7.66. The SMILES string of the molecule is CC(C)CCCCCCCCCC1CC(=O)N[C@@H](CC(N)=O)C(=O)NC(Cc2ccc(O)cc2)C(=O)N[C@H](CC(N)=O)C(=O)N[C@@H](CO)C(=O)NC(CCC(=O)O)C(=O)N[C@H](CO)C(=O)NC([C@@H](C)O)C(=O)N1. The molecule has 1 aliphatic heterocycles. The third kappa shape index (κ3) is 23.9. The molecule has 17 N–H and O–H groups in total. The predicted octanol–water partition coefficient (Wildman–Crippen LogP) is -3.64. The Kier molecular flexibility index (Phi) is 27.4. The van der Waals surface area contributed by atoms with E-state index in [4.69, 9.17) is 11.5 Å². The van der Waals surface area contributed by atoms with Gasteiger partial charge in [-0.25, -0.2) is 0 Å². The molecular weight excluding hydrogens is 961 g/mol. The van der Waals surface area contributed by atoms with E-state index in [0.29, 0.717) is 24.3 Å². The van der Waals surface area contributed by atoms with E-state index < -0.39 is 165 Å². The molecule has 1 aliphatic rings. The highest BCUT2D eigenvalue weighted by atomic mass is 16.4. The van der Waals surface area contributed by atoms with Crippen LogP contribution in [0.5, 0.6) is 5.75 Å². The molecule has 2 rings (SSSR count). The normalized spacial score (nSPS) is 23.9. The number of carboxylic acids is 1. The highest BCUT2D eigenvalue weighted by molar-refractivity contribution is 5.99. The standard InChI is InChI=1S/C47H74N10O16/c1-25(2)11-9-7-5-4-6-8-10-12-28-20-38(64)51-32(21-36(48)62)43(69)53-31(19-27-13-15-29(61)16-14-27)42(68)54-33(22-37(49)63)44(70)56-34(23-58)45(71)52-30(17-18-39(65)66)41(67)55-35(24-59)46(72)57-40(26(3)60)47(73)50-28/h13-16,25-26,28,30-35,40,58-61H,4-12,17-24H2,1-3H3,(H2,48,62)(H2,49,63)(H,50,73)(H,51,64)(H,52,71)(H,53,69)(H,54,68)(H,55,67)(H,56,70)(H,57,72)(H,65,66)/t26-,28?,30?,31?,32+,33-,34+,35-,40?/m1/s1. The third-order valence-electron chi connectivity index (χ3n) is 11.7.